The normalized spacial score (nSPS) is 18.8. The number of hydrogen-bond acceptors (Lipinski definition) is 5. The van der Waals surface area contributed by atoms with Gasteiger partial charge >= 0.3 is 0 Å². The van der Waals surface area contributed by atoms with Crippen LogP contribution in [0.15, 0.2) is 47.2 Å². The summed E-state index contributed by atoms with van der Waals surface area (Å²) in [6.07, 6.45) is 6.49. The predicted octanol–water partition coefficient (Wildman–Crippen LogP) is 3.49. The Balaban J connectivity index is 1.45. The molecule has 1 saturated heterocycles. The van der Waals surface area contributed by atoms with Crippen LogP contribution in [-0.4, -0.2) is 28.4 Å². The van der Waals surface area contributed by atoms with Crippen LogP contribution in [0.5, 0.6) is 0 Å². The molecule has 28 heavy (non-hydrogen) atoms. The van der Waals surface area contributed by atoms with Gasteiger partial charge in [-0.1, -0.05) is 30.1 Å². The van der Waals surface area contributed by atoms with Crippen molar-refractivity contribution in [3.05, 3.63) is 71.1 Å². The number of rotatable bonds is 5. The van der Waals surface area contributed by atoms with E-state index in [4.69, 9.17) is 14.0 Å². The molecule has 0 amide bonds. The number of aromatic nitrogens is 3. The van der Waals surface area contributed by atoms with E-state index in [0.717, 1.165) is 48.5 Å². The average Bonchev–Trinajstić information content (AvgIpc) is 3.48. The van der Waals surface area contributed by atoms with Crippen molar-refractivity contribution in [1.29, 1.82) is 0 Å². The van der Waals surface area contributed by atoms with E-state index in [0.29, 0.717) is 12.3 Å². The lowest BCUT2D eigenvalue weighted by molar-refractivity contribution is -0.201. The molecule has 1 aromatic carbocycles. The molecule has 6 nitrogen and oxygen atoms in total. The Morgan fingerprint density at radius 1 is 1.25 bits per heavy atom. The van der Waals surface area contributed by atoms with E-state index in [1.807, 2.05) is 36.5 Å². The molecular formula is C22H23N3O3. The maximum absolute atomic E-state index is 5.82. The number of ether oxygens (including phenoxy) is 2. The van der Waals surface area contributed by atoms with Gasteiger partial charge in [-0.25, -0.2) is 4.98 Å². The molecule has 2 aromatic heterocycles. The predicted molar refractivity (Wildman–Crippen MR) is 104 cm³/mol. The lowest BCUT2D eigenvalue weighted by Crippen LogP contribution is -2.26. The summed E-state index contributed by atoms with van der Waals surface area (Å²) in [4.78, 5) is 4.32. The van der Waals surface area contributed by atoms with E-state index >= 15 is 0 Å². The molecule has 0 bridgehead atoms. The Bertz CT molecular complexity index is 986. The van der Waals surface area contributed by atoms with Crippen molar-refractivity contribution in [2.75, 3.05) is 13.7 Å². The van der Waals surface area contributed by atoms with Crippen LogP contribution in [0.2, 0.25) is 0 Å². The fourth-order valence-corrected chi connectivity index (χ4v) is 3.48. The minimum atomic E-state index is -0.615. The highest BCUT2D eigenvalue weighted by Gasteiger charge is 2.36. The van der Waals surface area contributed by atoms with Crippen molar-refractivity contribution in [2.45, 2.75) is 38.5 Å². The van der Waals surface area contributed by atoms with E-state index in [9.17, 15) is 0 Å². The molecule has 3 heterocycles. The van der Waals surface area contributed by atoms with Gasteiger partial charge in [-0.3, -0.25) is 0 Å². The zero-order valence-corrected chi connectivity index (χ0v) is 16.1. The van der Waals surface area contributed by atoms with Gasteiger partial charge in [-0.2, -0.15) is 0 Å². The quantitative estimate of drug-likeness (QED) is 0.637. The van der Waals surface area contributed by atoms with Gasteiger partial charge in [0.2, 0.25) is 5.76 Å². The van der Waals surface area contributed by atoms with E-state index in [2.05, 4.69) is 33.5 Å². The first-order valence-corrected chi connectivity index (χ1v) is 9.50. The third kappa shape index (κ3) is 3.72. The highest BCUT2D eigenvalue weighted by atomic mass is 16.7. The van der Waals surface area contributed by atoms with Crippen LogP contribution in [0.25, 0.3) is 0 Å². The summed E-state index contributed by atoms with van der Waals surface area (Å²) >= 11 is 0. The SMILES string of the molecule is CCc1nccn1Cc1cc(C#Cc2ccc(C3(OC)CCCO3)cc2)on1. The Labute approximate surface area is 164 Å². The lowest BCUT2D eigenvalue weighted by Gasteiger charge is -2.27. The van der Waals surface area contributed by atoms with Crippen LogP contribution in [0, 0.1) is 11.8 Å². The summed E-state index contributed by atoms with van der Waals surface area (Å²) in [6, 6.07) is 9.83. The van der Waals surface area contributed by atoms with Crippen molar-refractivity contribution >= 4 is 0 Å². The molecule has 0 spiro atoms. The first kappa shape index (κ1) is 18.5. The minimum absolute atomic E-state index is 0.546. The van der Waals surface area contributed by atoms with Crippen LogP contribution in [0.1, 0.15) is 48.2 Å². The Morgan fingerprint density at radius 3 is 2.82 bits per heavy atom. The van der Waals surface area contributed by atoms with E-state index in [-0.39, 0.29) is 0 Å². The molecule has 0 saturated carbocycles. The van der Waals surface area contributed by atoms with Crippen LogP contribution in [0.4, 0.5) is 0 Å². The van der Waals surface area contributed by atoms with Crippen LogP contribution >= 0.6 is 0 Å². The fourth-order valence-electron chi connectivity index (χ4n) is 3.48. The molecule has 0 radical (unpaired) electrons. The van der Waals surface area contributed by atoms with Gasteiger partial charge in [-0.15, -0.1) is 0 Å². The van der Waals surface area contributed by atoms with Crippen LogP contribution in [-0.2, 0) is 28.2 Å². The molecule has 1 atom stereocenters. The van der Waals surface area contributed by atoms with Crippen molar-refractivity contribution < 1.29 is 14.0 Å². The smallest absolute Gasteiger partial charge is 0.210 e. The molecule has 3 aromatic rings. The number of methoxy groups -OCH3 is 1. The lowest BCUT2D eigenvalue weighted by atomic mass is 10.0. The van der Waals surface area contributed by atoms with Gasteiger partial charge < -0.3 is 18.6 Å². The molecule has 1 fully saturated rings. The Kier molecular flexibility index (Phi) is 5.29. The summed E-state index contributed by atoms with van der Waals surface area (Å²) in [7, 11) is 1.69. The number of imidazole rings is 1. The van der Waals surface area contributed by atoms with Crippen LogP contribution < -0.4 is 0 Å². The summed E-state index contributed by atoms with van der Waals surface area (Å²) in [5.41, 5.74) is 2.74. The summed E-state index contributed by atoms with van der Waals surface area (Å²) in [5.74, 6) is 7.11. The van der Waals surface area contributed by atoms with Gasteiger partial charge in [0, 0.05) is 49.5 Å². The second kappa shape index (κ2) is 8.01. The molecule has 144 valence electrons. The number of benzene rings is 1. The van der Waals surface area contributed by atoms with E-state index < -0.39 is 5.79 Å². The average molecular weight is 377 g/mol. The van der Waals surface area contributed by atoms with E-state index in [1.54, 1.807) is 13.3 Å². The molecular weight excluding hydrogens is 354 g/mol. The topological polar surface area (TPSA) is 62.3 Å². The largest absolute Gasteiger partial charge is 0.349 e. The fraction of sp³-hybridized carbons (Fsp3) is 0.364. The highest BCUT2D eigenvalue weighted by Crippen LogP contribution is 2.36. The van der Waals surface area contributed by atoms with Gasteiger partial charge in [0.25, 0.3) is 0 Å². The number of hydrogen-bond donors (Lipinski definition) is 0. The van der Waals surface area contributed by atoms with Gasteiger partial charge in [-0.05, 0) is 24.5 Å². The third-order valence-electron chi connectivity index (χ3n) is 4.98. The molecule has 0 N–H and O–H groups in total. The van der Waals surface area contributed by atoms with Gasteiger partial charge in [0.1, 0.15) is 11.5 Å². The standard InChI is InChI=1S/C22H23N3O3/c1-3-21-23-12-13-25(21)16-19-15-20(28-24-19)10-7-17-5-8-18(9-6-17)22(26-2)11-4-14-27-22/h5-6,8-9,12-13,15H,3-4,11,14,16H2,1-2H3. The minimum Gasteiger partial charge on any atom is -0.349 e. The Morgan fingerprint density at radius 2 is 2.11 bits per heavy atom. The Hall–Kier alpha value is -2.88. The number of nitrogens with zero attached hydrogens (tertiary/aromatic N) is 3. The molecule has 0 aliphatic carbocycles. The molecule has 1 aliphatic heterocycles. The van der Waals surface area contributed by atoms with Gasteiger partial charge in [0.05, 0.1) is 13.2 Å². The zero-order chi connectivity index (χ0) is 19.4. The maximum atomic E-state index is 5.82. The number of aryl methyl sites for hydroxylation is 1. The first-order chi connectivity index (χ1) is 13.7. The zero-order valence-electron chi connectivity index (χ0n) is 16.1. The second-order valence-corrected chi connectivity index (χ2v) is 6.74. The highest BCUT2D eigenvalue weighted by molar-refractivity contribution is 5.41. The molecule has 6 heteroatoms. The second-order valence-electron chi connectivity index (χ2n) is 6.74. The van der Waals surface area contributed by atoms with E-state index in [1.165, 1.54) is 0 Å². The van der Waals surface area contributed by atoms with Crippen molar-refractivity contribution in [2.24, 2.45) is 0 Å². The molecule has 4 rings (SSSR count). The monoisotopic (exact) mass is 377 g/mol. The maximum Gasteiger partial charge on any atom is 0.210 e. The van der Waals surface area contributed by atoms with Crippen LogP contribution in [0.3, 0.4) is 0 Å². The van der Waals surface area contributed by atoms with Crippen molar-refractivity contribution in [3.8, 4) is 11.8 Å². The first-order valence-electron chi connectivity index (χ1n) is 9.50. The van der Waals surface area contributed by atoms with Crippen molar-refractivity contribution in [1.82, 2.24) is 14.7 Å². The van der Waals surface area contributed by atoms with Crippen molar-refractivity contribution in [3.63, 3.8) is 0 Å². The third-order valence-corrected chi connectivity index (χ3v) is 4.98. The summed E-state index contributed by atoms with van der Waals surface area (Å²) in [5, 5.41) is 4.11. The molecule has 1 unspecified atom stereocenters. The molecule has 1 aliphatic rings. The summed E-state index contributed by atoms with van der Waals surface area (Å²) in [6.45, 7) is 3.43. The van der Waals surface area contributed by atoms with Gasteiger partial charge in [0.15, 0.2) is 5.79 Å². The summed E-state index contributed by atoms with van der Waals surface area (Å²) < 4.78 is 18.9.